The predicted molar refractivity (Wildman–Crippen MR) is 120 cm³/mol. The van der Waals surface area contributed by atoms with Crippen LogP contribution < -0.4 is 11.1 Å². The van der Waals surface area contributed by atoms with Gasteiger partial charge in [0.25, 0.3) is 0 Å². The Bertz CT molecular complexity index is 835. The number of ether oxygens (including phenoxy) is 3. The van der Waals surface area contributed by atoms with Crippen molar-refractivity contribution < 1.29 is 28.6 Å². The van der Waals surface area contributed by atoms with Crippen molar-refractivity contribution in [1.29, 1.82) is 0 Å². The first-order chi connectivity index (χ1) is 15.0. The van der Waals surface area contributed by atoms with Crippen molar-refractivity contribution in [2.75, 3.05) is 7.11 Å². The Labute approximate surface area is 190 Å². The van der Waals surface area contributed by atoms with Gasteiger partial charge >= 0.3 is 12.1 Å². The van der Waals surface area contributed by atoms with E-state index in [0.29, 0.717) is 19.4 Å². The Hall–Kier alpha value is -3.05. The van der Waals surface area contributed by atoms with Crippen molar-refractivity contribution in [3.63, 3.8) is 0 Å². The van der Waals surface area contributed by atoms with Gasteiger partial charge in [0.05, 0.1) is 32.3 Å². The molecule has 0 unspecified atom stereocenters. The maximum atomic E-state index is 12.2. The van der Waals surface area contributed by atoms with Gasteiger partial charge in [0, 0.05) is 18.4 Å². The van der Waals surface area contributed by atoms with E-state index in [9.17, 15) is 14.4 Å². The van der Waals surface area contributed by atoms with Crippen LogP contribution in [0.4, 0.5) is 4.79 Å². The molecule has 1 rings (SSSR count). The molecule has 2 amide bonds. The molecule has 32 heavy (non-hydrogen) atoms. The highest BCUT2D eigenvalue weighted by Gasteiger charge is 2.24. The lowest BCUT2D eigenvalue weighted by molar-refractivity contribution is -0.140. The number of nitrogens with one attached hydrogen (secondary N) is 1. The molecule has 0 aromatic heterocycles. The van der Waals surface area contributed by atoms with Gasteiger partial charge in [-0.1, -0.05) is 24.0 Å². The third-order valence-corrected chi connectivity index (χ3v) is 4.32. The smallest absolute Gasteiger partial charge is 0.407 e. The predicted octanol–water partition coefficient (Wildman–Crippen LogP) is 3.06. The van der Waals surface area contributed by atoms with E-state index in [4.69, 9.17) is 15.2 Å². The highest BCUT2D eigenvalue weighted by molar-refractivity contribution is 5.74. The number of esters is 1. The zero-order valence-electron chi connectivity index (χ0n) is 19.5. The topological polar surface area (TPSA) is 117 Å². The maximum absolute atomic E-state index is 12.2. The minimum Gasteiger partial charge on any atom is -0.469 e. The van der Waals surface area contributed by atoms with Crippen molar-refractivity contribution in [3.05, 3.63) is 35.4 Å². The summed E-state index contributed by atoms with van der Waals surface area (Å²) in [4.78, 5) is 34.5. The highest BCUT2D eigenvalue weighted by Crippen LogP contribution is 2.13. The van der Waals surface area contributed by atoms with E-state index in [1.807, 2.05) is 31.2 Å². The third kappa shape index (κ3) is 12.0. The van der Waals surface area contributed by atoms with E-state index in [2.05, 4.69) is 21.9 Å². The fourth-order valence-corrected chi connectivity index (χ4v) is 2.69. The third-order valence-electron chi connectivity index (χ3n) is 4.32. The summed E-state index contributed by atoms with van der Waals surface area (Å²) in [6.07, 6.45) is 0.152. The number of benzene rings is 1. The summed E-state index contributed by atoms with van der Waals surface area (Å²) in [5.41, 5.74) is 6.34. The fraction of sp³-hybridized carbons (Fsp3) is 0.542. The highest BCUT2D eigenvalue weighted by atomic mass is 16.6. The summed E-state index contributed by atoms with van der Waals surface area (Å²) in [6, 6.07) is 7.11. The van der Waals surface area contributed by atoms with E-state index >= 15 is 0 Å². The second-order valence-corrected chi connectivity index (χ2v) is 8.35. The fourth-order valence-electron chi connectivity index (χ4n) is 2.69. The number of carbonyl (C=O) groups excluding carboxylic acids is 3. The Morgan fingerprint density at radius 2 is 1.91 bits per heavy atom. The second kappa shape index (κ2) is 13.4. The normalized spacial score (nSPS) is 12.7. The number of methoxy groups -OCH3 is 1. The van der Waals surface area contributed by atoms with Crippen LogP contribution in [0.5, 0.6) is 0 Å². The number of primary amides is 1. The summed E-state index contributed by atoms with van der Waals surface area (Å²) in [5.74, 6) is 5.22. The first-order valence-corrected chi connectivity index (χ1v) is 10.5. The standard InChI is InChI=1S/C24H34N2O6/c1-17(20(13-14-21(25)27)26-23(29)32-24(2,3)4)31-16-19-11-8-10-18(15-19)9-6-7-12-22(28)30-5/h8,10-11,15,17,20H,7,12-14,16H2,1-5H3,(H2,25,27)(H,26,29)/t17-,20+/m1/s1. The van der Waals surface area contributed by atoms with Crippen molar-refractivity contribution in [2.45, 2.75) is 77.7 Å². The molecular formula is C24H34N2O6. The molecule has 176 valence electrons. The van der Waals surface area contributed by atoms with Gasteiger partial charge in [-0.2, -0.15) is 0 Å². The number of amides is 2. The molecule has 1 aromatic rings. The molecule has 0 heterocycles. The number of rotatable bonds is 10. The van der Waals surface area contributed by atoms with Crippen molar-refractivity contribution >= 4 is 18.0 Å². The average molecular weight is 447 g/mol. The lowest BCUT2D eigenvalue weighted by atomic mass is 10.1. The van der Waals surface area contributed by atoms with Gasteiger partial charge in [0.15, 0.2) is 0 Å². The molecule has 2 atom stereocenters. The molecule has 0 radical (unpaired) electrons. The number of hydrogen-bond acceptors (Lipinski definition) is 6. The van der Waals surface area contributed by atoms with E-state index in [0.717, 1.165) is 11.1 Å². The molecule has 0 aliphatic rings. The van der Waals surface area contributed by atoms with Crippen LogP contribution in [0.25, 0.3) is 0 Å². The molecule has 0 spiro atoms. The summed E-state index contributed by atoms with van der Waals surface area (Å²) >= 11 is 0. The first-order valence-electron chi connectivity index (χ1n) is 10.5. The molecule has 0 saturated carbocycles. The zero-order valence-corrected chi connectivity index (χ0v) is 19.5. The Balaban J connectivity index is 2.71. The van der Waals surface area contributed by atoms with Gasteiger partial charge in [-0.15, -0.1) is 0 Å². The summed E-state index contributed by atoms with van der Waals surface area (Å²) in [6.45, 7) is 7.43. The van der Waals surface area contributed by atoms with E-state index in [1.54, 1.807) is 20.8 Å². The van der Waals surface area contributed by atoms with Crippen LogP contribution >= 0.6 is 0 Å². The molecule has 0 bridgehead atoms. The number of hydrogen-bond donors (Lipinski definition) is 2. The molecule has 8 nitrogen and oxygen atoms in total. The first kappa shape index (κ1) is 27.0. The quantitative estimate of drug-likeness (QED) is 0.421. The number of alkyl carbamates (subject to hydrolysis) is 1. The van der Waals surface area contributed by atoms with Gasteiger partial charge < -0.3 is 25.3 Å². The lowest BCUT2D eigenvalue weighted by Gasteiger charge is -2.27. The van der Waals surface area contributed by atoms with Crippen molar-refractivity contribution in [1.82, 2.24) is 5.32 Å². The molecule has 1 aromatic carbocycles. The van der Waals surface area contributed by atoms with Crippen LogP contribution in [-0.2, 0) is 30.4 Å². The van der Waals surface area contributed by atoms with Gasteiger partial charge in [0.1, 0.15) is 5.60 Å². The molecule has 8 heteroatoms. The zero-order chi connectivity index (χ0) is 24.1. The molecule has 0 saturated heterocycles. The maximum Gasteiger partial charge on any atom is 0.407 e. The van der Waals surface area contributed by atoms with E-state index < -0.39 is 29.7 Å². The van der Waals surface area contributed by atoms with Crippen LogP contribution in [0.3, 0.4) is 0 Å². The number of nitrogens with two attached hydrogens (primary N) is 1. The van der Waals surface area contributed by atoms with Gasteiger partial charge in [-0.25, -0.2) is 4.79 Å². The largest absolute Gasteiger partial charge is 0.469 e. The van der Waals surface area contributed by atoms with E-state index in [-0.39, 0.29) is 18.8 Å². The van der Waals surface area contributed by atoms with Gasteiger partial charge in [0.2, 0.25) is 5.91 Å². The summed E-state index contributed by atoms with van der Waals surface area (Å²) in [5, 5.41) is 2.77. The SMILES string of the molecule is COC(=O)CCC#Cc1cccc(CO[C@H](C)[C@H](CCC(N)=O)NC(=O)OC(C)(C)C)c1. The van der Waals surface area contributed by atoms with Gasteiger partial charge in [-0.3, -0.25) is 9.59 Å². The lowest BCUT2D eigenvalue weighted by Crippen LogP contribution is -2.45. The minimum atomic E-state index is -0.638. The molecule has 0 aliphatic carbocycles. The van der Waals surface area contributed by atoms with E-state index in [1.165, 1.54) is 7.11 Å². The van der Waals surface area contributed by atoms with Crippen molar-refractivity contribution in [3.8, 4) is 11.8 Å². The van der Waals surface area contributed by atoms with Crippen LogP contribution in [0, 0.1) is 11.8 Å². The Kier molecular flexibility index (Phi) is 11.3. The molecular weight excluding hydrogens is 412 g/mol. The van der Waals surface area contributed by atoms with Crippen LogP contribution in [-0.4, -0.2) is 42.8 Å². The van der Waals surface area contributed by atoms with Crippen molar-refractivity contribution in [2.24, 2.45) is 5.73 Å². The Morgan fingerprint density at radius 3 is 2.53 bits per heavy atom. The minimum absolute atomic E-state index is 0.116. The number of carbonyl (C=O) groups is 3. The van der Waals surface area contributed by atoms with Gasteiger partial charge in [-0.05, 0) is 51.8 Å². The summed E-state index contributed by atoms with van der Waals surface area (Å²) in [7, 11) is 1.35. The van der Waals surface area contributed by atoms with Crippen LogP contribution in [0.1, 0.15) is 64.5 Å². The second-order valence-electron chi connectivity index (χ2n) is 8.35. The summed E-state index contributed by atoms with van der Waals surface area (Å²) < 4.78 is 15.8. The molecule has 0 fully saturated rings. The van der Waals surface area contributed by atoms with Crippen LogP contribution in [0.2, 0.25) is 0 Å². The average Bonchev–Trinajstić information content (AvgIpc) is 2.71. The Morgan fingerprint density at radius 1 is 1.19 bits per heavy atom. The molecule has 0 aliphatic heterocycles. The van der Waals surface area contributed by atoms with Crippen LogP contribution in [0.15, 0.2) is 24.3 Å². The molecule has 3 N–H and O–H groups in total. The monoisotopic (exact) mass is 446 g/mol.